The largest absolute Gasteiger partial charge is 0.351 e. The molecule has 2 rings (SSSR count). The van der Waals surface area contributed by atoms with Crippen molar-refractivity contribution in [1.29, 1.82) is 0 Å². The van der Waals surface area contributed by atoms with Gasteiger partial charge in [-0.1, -0.05) is 11.6 Å². The highest BCUT2D eigenvalue weighted by molar-refractivity contribution is 8.00. The number of hydrogen-bond donors (Lipinski definition) is 2. The monoisotopic (exact) mass is 320 g/mol. The maximum Gasteiger partial charge on any atom is 0.233 e. The fraction of sp³-hybridized carbons (Fsp3) is 0.462. The van der Waals surface area contributed by atoms with E-state index in [2.05, 4.69) is 10.6 Å². The molecule has 1 aromatic carbocycles. The quantitative estimate of drug-likeness (QED) is 0.838. The van der Waals surface area contributed by atoms with E-state index in [0.717, 1.165) is 24.4 Å². The minimum atomic E-state index is -0.0909. The molecule has 2 unspecified atom stereocenters. The van der Waals surface area contributed by atoms with Gasteiger partial charge in [-0.2, -0.15) is 0 Å². The van der Waals surface area contributed by atoms with Crippen LogP contribution in [0, 0.1) is 0 Å². The SMILES string of the molecule is CC(Sc1ccc(Cl)cc1)C(=O)NC1CCNC1.Cl. The molecule has 19 heavy (non-hydrogen) atoms. The van der Waals surface area contributed by atoms with Crippen LogP contribution in [-0.4, -0.2) is 30.3 Å². The van der Waals surface area contributed by atoms with E-state index in [1.807, 2.05) is 31.2 Å². The van der Waals surface area contributed by atoms with Gasteiger partial charge < -0.3 is 10.6 Å². The lowest BCUT2D eigenvalue weighted by Crippen LogP contribution is -2.40. The van der Waals surface area contributed by atoms with E-state index in [1.54, 1.807) is 11.8 Å². The summed E-state index contributed by atoms with van der Waals surface area (Å²) in [5.41, 5.74) is 0. The smallest absolute Gasteiger partial charge is 0.233 e. The molecule has 0 spiro atoms. The Morgan fingerprint density at radius 2 is 2.16 bits per heavy atom. The molecule has 6 heteroatoms. The van der Waals surface area contributed by atoms with Crippen LogP contribution in [0.5, 0.6) is 0 Å². The molecule has 1 fully saturated rings. The third kappa shape index (κ3) is 5.22. The third-order valence-electron chi connectivity index (χ3n) is 2.90. The van der Waals surface area contributed by atoms with Crippen LogP contribution in [0.25, 0.3) is 0 Å². The molecular weight excluding hydrogens is 303 g/mol. The summed E-state index contributed by atoms with van der Waals surface area (Å²) >= 11 is 7.38. The van der Waals surface area contributed by atoms with Crippen molar-refractivity contribution < 1.29 is 4.79 Å². The van der Waals surface area contributed by atoms with E-state index in [9.17, 15) is 4.79 Å². The molecule has 3 nitrogen and oxygen atoms in total. The fourth-order valence-electron chi connectivity index (χ4n) is 1.87. The van der Waals surface area contributed by atoms with Gasteiger partial charge in [0, 0.05) is 22.5 Å². The lowest BCUT2D eigenvalue weighted by molar-refractivity contribution is -0.120. The van der Waals surface area contributed by atoms with Crippen molar-refractivity contribution in [2.45, 2.75) is 29.5 Å². The highest BCUT2D eigenvalue weighted by atomic mass is 35.5. The van der Waals surface area contributed by atoms with Crippen LogP contribution in [0.3, 0.4) is 0 Å². The molecule has 1 amide bonds. The van der Waals surface area contributed by atoms with Crippen LogP contribution < -0.4 is 10.6 Å². The Morgan fingerprint density at radius 3 is 2.74 bits per heavy atom. The summed E-state index contributed by atoms with van der Waals surface area (Å²) in [6.45, 7) is 3.80. The first-order valence-electron chi connectivity index (χ1n) is 6.08. The van der Waals surface area contributed by atoms with Gasteiger partial charge in [0.05, 0.1) is 5.25 Å². The average Bonchev–Trinajstić information content (AvgIpc) is 2.85. The zero-order valence-corrected chi connectivity index (χ0v) is 13.1. The van der Waals surface area contributed by atoms with Gasteiger partial charge in [-0.3, -0.25) is 4.79 Å². The number of benzene rings is 1. The number of carbonyl (C=O) groups is 1. The zero-order valence-electron chi connectivity index (χ0n) is 10.7. The molecule has 1 aliphatic heterocycles. The maximum absolute atomic E-state index is 12.0. The molecule has 1 aromatic rings. The number of thioether (sulfide) groups is 1. The lowest BCUT2D eigenvalue weighted by atomic mass is 10.2. The van der Waals surface area contributed by atoms with E-state index in [1.165, 1.54) is 0 Å². The number of hydrogen-bond acceptors (Lipinski definition) is 3. The van der Waals surface area contributed by atoms with E-state index < -0.39 is 0 Å². The Labute approximate surface area is 129 Å². The van der Waals surface area contributed by atoms with Crippen LogP contribution in [-0.2, 0) is 4.79 Å². The Hall–Kier alpha value is -0.420. The summed E-state index contributed by atoms with van der Waals surface area (Å²) < 4.78 is 0. The first-order chi connectivity index (χ1) is 8.65. The minimum absolute atomic E-state index is 0. The number of rotatable bonds is 4. The van der Waals surface area contributed by atoms with Crippen LogP contribution in [0.1, 0.15) is 13.3 Å². The molecule has 0 aromatic heterocycles. The second kappa shape index (κ2) is 8.00. The van der Waals surface area contributed by atoms with Gasteiger partial charge in [-0.15, -0.1) is 24.2 Å². The van der Waals surface area contributed by atoms with E-state index >= 15 is 0 Å². The minimum Gasteiger partial charge on any atom is -0.351 e. The van der Waals surface area contributed by atoms with E-state index in [0.29, 0.717) is 5.02 Å². The van der Waals surface area contributed by atoms with Gasteiger partial charge in [0.1, 0.15) is 0 Å². The Morgan fingerprint density at radius 1 is 1.47 bits per heavy atom. The second-order valence-corrected chi connectivity index (χ2v) is 6.26. The van der Waals surface area contributed by atoms with Gasteiger partial charge in [0.2, 0.25) is 5.91 Å². The zero-order chi connectivity index (χ0) is 13.0. The standard InChI is InChI=1S/C13H17ClN2OS.ClH/c1-9(13(17)16-11-6-7-15-8-11)18-12-4-2-10(14)3-5-12;/h2-5,9,11,15H,6-8H2,1H3,(H,16,17);1H. The van der Waals surface area contributed by atoms with Crippen molar-refractivity contribution in [3.8, 4) is 0 Å². The normalized spacial score (nSPS) is 19.6. The number of nitrogens with one attached hydrogen (secondary N) is 2. The van der Waals surface area contributed by atoms with E-state index in [4.69, 9.17) is 11.6 Å². The predicted molar refractivity (Wildman–Crippen MR) is 83.4 cm³/mol. The Balaban J connectivity index is 0.00000180. The van der Waals surface area contributed by atoms with E-state index in [-0.39, 0.29) is 29.6 Å². The number of halogens is 2. The highest BCUT2D eigenvalue weighted by Crippen LogP contribution is 2.24. The van der Waals surface area contributed by atoms with Crippen LogP contribution in [0.4, 0.5) is 0 Å². The predicted octanol–water partition coefficient (Wildman–Crippen LogP) is 2.72. The summed E-state index contributed by atoms with van der Waals surface area (Å²) in [6.07, 6.45) is 1.02. The average molecular weight is 321 g/mol. The van der Waals surface area contributed by atoms with Crippen molar-refractivity contribution in [2.24, 2.45) is 0 Å². The fourth-order valence-corrected chi connectivity index (χ4v) is 2.87. The third-order valence-corrected chi connectivity index (χ3v) is 4.27. The molecule has 0 radical (unpaired) electrons. The number of amides is 1. The van der Waals surface area contributed by atoms with Crippen LogP contribution in [0.2, 0.25) is 5.02 Å². The topological polar surface area (TPSA) is 41.1 Å². The first kappa shape index (κ1) is 16.6. The van der Waals surface area contributed by atoms with Crippen molar-refractivity contribution in [1.82, 2.24) is 10.6 Å². The Kier molecular flexibility index (Phi) is 7.00. The molecule has 0 bridgehead atoms. The highest BCUT2D eigenvalue weighted by Gasteiger charge is 2.20. The van der Waals surface area contributed by atoms with Gasteiger partial charge in [0.15, 0.2) is 0 Å². The second-order valence-electron chi connectivity index (χ2n) is 4.41. The molecule has 0 aliphatic carbocycles. The van der Waals surface area contributed by atoms with Gasteiger partial charge in [-0.05, 0) is 44.2 Å². The first-order valence-corrected chi connectivity index (χ1v) is 7.34. The molecule has 2 N–H and O–H groups in total. The van der Waals surface area contributed by atoms with Crippen LogP contribution >= 0.6 is 35.8 Å². The van der Waals surface area contributed by atoms with Crippen molar-refractivity contribution in [3.05, 3.63) is 29.3 Å². The lowest BCUT2D eigenvalue weighted by Gasteiger charge is -2.15. The maximum atomic E-state index is 12.0. The molecule has 1 saturated heterocycles. The summed E-state index contributed by atoms with van der Waals surface area (Å²) in [7, 11) is 0. The molecule has 0 saturated carbocycles. The van der Waals surface area contributed by atoms with Crippen molar-refractivity contribution >= 4 is 41.7 Å². The summed E-state index contributed by atoms with van der Waals surface area (Å²) in [6, 6.07) is 7.85. The van der Waals surface area contributed by atoms with Gasteiger partial charge >= 0.3 is 0 Å². The molecule has 1 heterocycles. The van der Waals surface area contributed by atoms with Crippen molar-refractivity contribution in [3.63, 3.8) is 0 Å². The Bertz CT molecular complexity index is 408. The number of carbonyl (C=O) groups excluding carboxylic acids is 1. The summed E-state index contributed by atoms with van der Waals surface area (Å²) in [5.74, 6) is 0.101. The van der Waals surface area contributed by atoms with Crippen molar-refractivity contribution in [2.75, 3.05) is 13.1 Å². The summed E-state index contributed by atoms with van der Waals surface area (Å²) in [4.78, 5) is 13.0. The van der Waals surface area contributed by atoms with Gasteiger partial charge in [-0.25, -0.2) is 0 Å². The van der Waals surface area contributed by atoms with Crippen LogP contribution in [0.15, 0.2) is 29.2 Å². The van der Waals surface area contributed by atoms with Gasteiger partial charge in [0.25, 0.3) is 0 Å². The molecular formula is C13H18Cl2N2OS. The molecule has 106 valence electrons. The molecule has 2 atom stereocenters. The summed E-state index contributed by atoms with van der Waals surface area (Å²) in [5, 5.41) is 6.92. The molecule has 1 aliphatic rings.